The molecule has 0 saturated carbocycles. The number of nitrogens with one attached hydrogen (secondary N) is 2. The molecule has 22 heavy (non-hydrogen) atoms. The van der Waals surface area contributed by atoms with Gasteiger partial charge in [-0.25, -0.2) is 9.59 Å². The number of methoxy groups -OCH3 is 1. The first-order chi connectivity index (χ1) is 10.2. The Kier molecular flexibility index (Phi) is 8.89. The zero-order valence-electron chi connectivity index (χ0n) is 13.7. The lowest BCUT2D eigenvalue weighted by Gasteiger charge is -2.20. The van der Waals surface area contributed by atoms with Gasteiger partial charge in [-0.1, -0.05) is 6.08 Å². The first-order valence-corrected chi connectivity index (χ1v) is 7.14. The van der Waals surface area contributed by atoms with Crippen molar-refractivity contribution in [2.24, 2.45) is 0 Å². The lowest BCUT2D eigenvalue weighted by Crippen LogP contribution is -2.46. The summed E-state index contributed by atoms with van der Waals surface area (Å²) in [5.41, 5.74) is -0.639. The summed E-state index contributed by atoms with van der Waals surface area (Å²) >= 11 is 0. The van der Waals surface area contributed by atoms with Crippen LogP contribution >= 0.6 is 0 Å². The van der Waals surface area contributed by atoms with Crippen LogP contribution in [-0.2, 0) is 19.1 Å². The van der Waals surface area contributed by atoms with Gasteiger partial charge in [0.05, 0.1) is 7.11 Å². The monoisotopic (exact) mass is 314 g/mol. The second-order valence-corrected chi connectivity index (χ2v) is 5.72. The minimum absolute atomic E-state index is 0.274. The van der Waals surface area contributed by atoms with Gasteiger partial charge in [0.25, 0.3) is 0 Å². The molecular formula is C15H26N2O5. The van der Waals surface area contributed by atoms with E-state index in [1.54, 1.807) is 26.8 Å². The van der Waals surface area contributed by atoms with Crippen LogP contribution in [0, 0.1) is 0 Å². The van der Waals surface area contributed by atoms with Crippen molar-refractivity contribution in [3.63, 3.8) is 0 Å². The summed E-state index contributed by atoms with van der Waals surface area (Å²) in [6.07, 6.45) is 2.92. The molecule has 2 N–H and O–H groups in total. The van der Waals surface area contributed by atoms with Gasteiger partial charge < -0.3 is 20.1 Å². The molecule has 0 aliphatic carbocycles. The molecule has 0 saturated heterocycles. The van der Waals surface area contributed by atoms with E-state index in [-0.39, 0.29) is 6.54 Å². The standard InChI is InChI=1S/C15H26N2O5/c1-6-7-8-9-11(13(19)21-5)17-12(18)10-16-14(20)22-15(2,3)4/h6,11H,1,7-10H2,2-5H3,(H,16,20)(H,17,18). The molecule has 0 spiro atoms. The van der Waals surface area contributed by atoms with Crippen molar-refractivity contribution in [2.75, 3.05) is 13.7 Å². The molecule has 0 rings (SSSR count). The number of alkyl carbamates (subject to hydrolysis) is 1. The van der Waals surface area contributed by atoms with Crippen molar-refractivity contribution in [3.05, 3.63) is 12.7 Å². The van der Waals surface area contributed by atoms with Crippen LogP contribution in [0.2, 0.25) is 0 Å². The van der Waals surface area contributed by atoms with Gasteiger partial charge in [0.2, 0.25) is 5.91 Å². The third-order valence-corrected chi connectivity index (χ3v) is 2.51. The maximum Gasteiger partial charge on any atom is 0.408 e. The third kappa shape index (κ3) is 9.79. The summed E-state index contributed by atoms with van der Waals surface area (Å²) < 4.78 is 9.65. The Labute approximate surface area is 131 Å². The zero-order chi connectivity index (χ0) is 17.2. The molecule has 0 fully saturated rings. The van der Waals surface area contributed by atoms with Crippen molar-refractivity contribution in [3.8, 4) is 0 Å². The molecule has 0 heterocycles. The zero-order valence-corrected chi connectivity index (χ0v) is 13.7. The lowest BCUT2D eigenvalue weighted by molar-refractivity contribution is -0.145. The fraction of sp³-hybridized carbons (Fsp3) is 0.667. The van der Waals surface area contributed by atoms with E-state index in [0.717, 1.165) is 6.42 Å². The van der Waals surface area contributed by atoms with E-state index in [0.29, 0.717) is 12.8 Å². The predicted octanol–water partition coefficient (Wildman–Crippen LogP) is 1.53. The molecule has 126 valence electrons. The molecule has 0 aliphatic heterocycles. The van der Waals surface area contributed by atoms with Gasteiger partial charge in [0, 0.05) is 0 Å². The minimum Gasteiger partial charge on any atom is -0.467 e. The maximum atomic E-state index is 11.8. The highest BCUT2D eigenvalue weighted by Crippen LogP contribution is 2.06. The third-order valence-electron chi connectivity index (χ3n) is 2.51. The Morgan fingerprint density at radius 3 is 2.41 bits per heavy atom. The quantitative estimate of drug-likeness (QED) is 0.402. The van der Waals surface area contributed by atoms with E-state index in [9.17, 15) is 14.4 Å². The molecule has 7 heteroatoms. The van der Waals surface area contributed by atoms with Gasteiger partial charge in [0.15, 0.2) is 0 Å². The van der Waals surface area contributed by atoms with Crippen molar-refractivity contribution in [2.45, 2.75) is 51.7 Å². The van der Waals surface area contributed by atoms with E-state index in [1.165, 1.54) is 7.11 Å². The molecule has 0 bridgehead atoms. The highest BCUT2D eigenvalue weighted by atomic mass is 16.6. The topological polar surface area (TPSA) is 93.7 Å². The number of carbonyl (C=O) groups excluding carboxylic acids is 3. The second kappa shape index (κ2) is 9.81. The Morgan fingerprint density at radius 1 is 1.27 bits per heavy atom. The number of allylic oxidation sites excluding steroid dienone is 1. The highest BCUT2D eigenvalue weighted by molar-refractivity contribution is 5.87. The largest absolute Gasteiger partial charge is 0.467 e. The number of ether oxygens (including phenoxy) is 2. The molecule has 1 unspecified atom stereocenters. The van der Waals surface area contributed by atoms with E-state index in [4.69, 9.17) is 4.74 Å². The highest BCUT2D eigenvalue weighted by Gasteiger charge is 2.22. The molecule has 2 amide bonds. The number of esters is 1. The summed E-state index contributed by atoms with van der Waals surface area (Å²) in [5, 5.41) is 4.85. The minimum atomic E-state index is -0.738. The second-order valence-electron chi connectivity index (χ2n) is 5.72. The molecular weight excluding hydrogens is 288 g/mol. The molecule has 7 nitrogen and oxygen atoms in total. The molecule has 1 atom stereocenters. The first-order valence-electron chi connectivity index (χ1n) is 7.14. The molecule has 0 aromatic carbocycles. The summed E-state index contributed by atoms with van der Waals surface area (Å²) in [6, 6.07) is -0.738. The van der Waals surface area contributed by atoms with Crippen LogP contribution in [0.5, 0.6) is 0 Å². The fourth-order valence-electron chi connectivity index (χ4n) is 1.57. The van der Waals surface area contributed by atoms with Crippen LogP contribution in [-0.4, -0.2) is 43.3 Å². The van der Waals surface area contributed by atoms with Gasteiger partial charge >= 0.3 is 12.1 Å². The van der Waals surface area contributed by atoms with Gasteiger partial charge in [0.1, 0.15) is 18.2 Å². The van der Waals surface area contributed by atoms with Crippen LogP contribution in [0.3, 0.4) is 0 Å². The van der Waals surface area contributed by atoms with Gasteiger partial charge in [-0.15, -0.1) is 6.58 Å². The van der Waals surface area contributed by atoms with Crippen LogP contribution < -0.4 is 10.6 Å². The number of carbonyl (C=O) groups is 3. The van der Waals surface area contributed by atoms with Gasteiger partial charge in [-0.3, -0.25) is 4.79 Å². The van der Waals surface area contributed by atoms with Crippen LogP contribution in [0.15, 0.2) is 12.7 Å². The first kappa shape index (κ1) is 19.9. The smallest absolute Gasteiger partial charge is 0.408 e. The Bertz CT molecular complexity index is 401. The van der Waals surface area contributed by atoms with Gasteiger partial charge in [-0.05, 0) is 40.0 Å². The fourth-order valence-corrected chi connectivity index (χ4v) is 1.57. The normalized spacial score (nSPS) is 12.0. The number of amides is 2. The molecule has 0 aromatic rings. The maximum absolute atomic E-state index is 11.8. The molecule has 0 aliphatic rings. The predicted molar refractivity (Wildman–Crippen MR) is 82.2 cm³/mol. The molecule has 0 radical (unpaired) electrons. The Hall–Kier alpha value is -2.05. The van der Waals surface area contributed by atoms with Crippen LogP contribution in [0.1, 0.15) is 40.0 Å². The van der Waals surface area contributed by atoms with Crippen molar-refractivity contribution in [1.29, 1.82) is 0 Å². The SMILES string of the molecule is C=CCCCC(NC(=O)CNC(=O)OC(C)(C)C)C(=O)OC. The van der Waals surface area contributed by atoms with Crippen molar-refractivity contribution in [1.82, 2.24) is 10.6 Å². The van der Waals surface area contributed by atoms with E-state index >= 15 is 0 Å². The van der Waals surface area contributed by atoms with Crippen LogP contribution in [0.25, 0.3) is 0 Å². The van der Waals surface area contributed by atoms with Gasteiger partial charge in [-0.2, -0.15) is 0 Å². The number of hydrogen-bond acceptors (Lipinski definition) is 5. The summed E-state index contributed by atoms with van der Waals surface area (Å²) in [6.45, 7) is 8.49. The van der Waals surface area contributed by atoms with Crippen LogP contribution in [0.4, 0.5) is 4.79 Å². The average molecular weight is 314 g/mol. The molecule has 0 aromatic heterocycles. The van der Waals surface area contributed by atoms with E-state index in [2.05, 4.69) is 21.9 Å². The van der Waals surface area contributed by atoms with E-state index in [1.807, 2.05) is 0 Å². The summed E-state index contributed by atoms with van der Waals surface area (Å²) in [5.74, 6) is -1.01. The Morgan fingerprint density at radius 2 is 1.91 bits per heavy atom. The van der Waals surface area contributed by atoms with Crippen molar-refractivity contribution < 1.29 is 23.9 Å². The summed E-state index contributed by atoms with van der Waals surface area (Å²) in [7, 11) is 1.26. The average Bonchev–Trinajstić information content (AvgIpc) is 2.41. The summed E-state index contributed by atoms with van der Waals surface area (Å²) in [4.78, 5) is 34.8. The number of rotatable bonds is 8. The number of unbranched alkanes of at least 4 members (excludes halogenated alkanes) is 1. The number of hydrogen-bond donors (Lipinski definition) is 2. The van der Waals surface area contributed by atoms with Crippen molar-refractivity contribution >= 4 is 18.0 Å². The lowest BCUT2D eigenvalue weighted by atomic mass is 10.1. The Balaban J connectivity index is 4.29. The van der Waals surface area contributed by atoms with E-state index < -0.39 is 29.6 Å².